The fourth-order valence-electron chi connectivity index (χ4n) is 9.33. The lowest BCUT2D eigenvalue weighted by Gasteiger charge is -2.61. The molecule has 0 amide bonds. The average molecular weight is 403 g/mol. The molecule has 9 atom stereocenters. The van der Waals surface area contributed by atoms with E-state index in [0.717, 1.165) is 47.3 Å². The van der Waals surface area contributed by atoms with Crippen molar-refractivity contribution in [2.75, 3.05) is 0 Å². The first kappa shape index (κ1) is 23.7. The fourth-order valence-corrected chi connectivity index (χ4v) is 9.33. The molecule has 0 saturated heterocycles. The molecule has 0 nitrogen and oxygen atoms in total. The lowest BCUT2D eigenvalue weighted by atomic mass is 9.44. The van der Waals surface area contributed by atoms with Crippen LogP contribution < -0.4 is 0 Å². The third-order valence-electron chi connectivity index (χ3n) is 11.6. The molecule has 0 aromatic carbocycles. The van der Waals surface area contributed by atoms with E-state index in [9.17, 15) is 0 Å². The van der Waals surface area contributed by atoms with E-state index in [4.69, 9.17) is 0 Å². The van der Waals surface area contributed by atoms with Gasteiger partial charge >= 0.3 is 0 Å². The largest absolute Gasteiger partial charge is 0.0776 e. The van der Waals surface area contributed by atoms with Crippen LogP contribution in [0.25, 0.3) is 0 Å². The molecule has 170 valence electrons. The molecule has 4 saturated carbocycles. The van der Waals surface area contributed by atoms with Crippen molar-refractivity contribution in [1.29, 1.82) is 0 Å². The Labute approximate surface area is 184 Å². The van der Waals surface area contributed by atoms with Crippen molar-refractivity contribution in [2.45, 2.75) is 126 Å². The van der Waals surface area contributed by atoms with Crippen LogP contribution in [0.2, 0.25) is 0 Å². The molecule has 0 aromatic rings. The third-order valence-corrected chi connectivity index (χ3v) is 11.6. The van der Waals surface area contributed by atoms with Gasteiger partial charge in [0.1, 0.15) is 0 Å². The predicted octanol–water partition coefficient (Wildman–Crippen LogP) is 9.38. The quantitative estimate of drug-likeness (QED) is 0.429. The minimum atomic E-state index is 0. The minimum absolute atomic E-state index is 0. The summed E-state index contributed by atoms with van der Waals surface area (Å²) >= 11 is 0. The lowest BCUT2D eigenvalue weighted by Crippen LogP contribution is -2.53. The standard InChI is InChI=1S/C28H50.CH4/c1-19(2)20(3)10-11-21(4)24-14-15-25-23-13-12-22-9-7-8-17-27(22,5)26(23)16-18-28(24,25)6;/h19-26H,7-18H2,1-6H3;1H4. The van der Waals surface area contributed by atoms with Gasteiger partial charge < -0.3 is 0 Å². The summed E-state index contributed by atoms with van der Waals surface area (Å²) in [6.07, 6.45) is 18.4. The van der Waals surface area contributed by atoms with Crippen LogP contribution in [0.1, 0.15) is 126 Å². The Morgan fingerprint density at radius 2 is 1.45 bits per heavy atom. The van der Waals surface area contributed by atoms with Gasteiger partial charge in [0.15, 0.2) is 0 Å². The second-order valence-corrected chi connectivity index (χ2v) is 12.9. The van der Waals surface area contributed by atoms with Crippen LogP contribution in [0.4, 0.5) is 0 Å². The van der Waals surface area contributed by atoms with Crippen LogP contribution in [0.15, 0.2) is 0 Å². The van der Waals surface area contributed by atoms with E-state index in [2.05, 4.69) is 41.5 Å². The molecule has 0 aromatic heterocycles. The van der Waals surface area contributed by atoms with E-state index in [1.165, 1.54) is 25.7 Å². The lowest BCUT2D eigenvalue weighted by molar-refractivity contribution is -0.114. The summed E-state index contributed by atoms with van der Waals surface area (Å²) in [7, 11) is 0. The first-order valence-electron chi connectivity index (χ1n) is 13.3. The Hall–Kier alpha value is 0. The van der Waals surface area contributed by atoms with E-state index >= 15 is 0 Å². The van der Waals surface area contributed by atoms with Crippen LogP contribution in [0.5, 0.6) is 0 Å². The van der Waals surface area contributed by atoms with E-state index in [1.807, 2.05) is 0 Å². The molecule has 0 heterocycles. The van der Waals surface area contributed by atoms with Gasteiger partial charge in [-0.1, -0.05) is 74.7 Å². The number of hydrogen-bond acceptors (Lipinski definition) is 0. The molecule has 0 aliphatic heterocycles. The van der Waals surface area contributed by atoms with E-state index < -0.39 is 0 Å². The first-order chi connectivity index (χ1) is 13.3. The zero-order valence-corrected chi connectivity index (χ0v) is 20.1. The Kier molecular flexibility index (Phi) is 7.23. The summed E-state index contributed by atoms with van der Waals surface area (Å²) in [6, 6.07) is 0. The first-order valence-corrected chi connectivity index (χ1v) is 13.3. The van der Waals surface area contributed by atoms with Crippen LogP contribution in [0, 0.1) is 58.2 Å². The summed E-state index contributed by atoms with van der Waals surface area (Å²) in [5, 5.41) is 0. The van der Waals surface area contributed by atoms with Gasteiger partial charge in [-0.05, 0) is 110 Å². The highest BCUT2D eigenvalue weighted by Gasteiger charge is 2.60. The second-order valence-electron chi connectivity index (χ2n) is 12.9. The summed E-state index contributed by atoms with van der Waals surface area (Å²) in [4.78, 5) is 0. The topological polar surface area (TPSA) is 0 Å². The maximum atomic E-state index is 2.75. The molecule has 9 unspecified atom stereocenters. The zero-order chi connectivity index (χ0) is 20.1. The molecular weight excluding hydrogens is 348 g/mol. The summed E-state index contributed by atoms with van der Waals surface area (Å²) in [5.41, 5.74) is 1.37. The van der Waals surface area contributed by atoms with Crippen LogP contribution in [-0.2, 0) is 0 Å². The number of hydrogen-bond donors (Lipinski definition) is 0. The van der Waals surface area contributed by atoms with Crippen LogP contribution in [0.3, 0.4) is 0 Å². The van der Waals surface area contributed by atoms with Crippen molar-refractivity contribution in [1.82, 2.24) is 0 Å². The SMILES string of the molecule is C.CC(C)C(C)CCC(C)C1CCC2C3CCC4CCCCC4(C)C3CCC12C. The number of fused-ring (bicyclic) bond motifs is 5. The van der Waals surface area contributed by atoms with Crippen molar-refractivity contribution in [3.8, 4) is 0 Å². The molecule has 0 heteroatoms. The van der Waals surface area contributed by atoms with Crippen molar-refractivity contribution < 1.29 is 0 Å². The average Bonchev–Trinajstić information content (AvgIpc) is 3.02. The number of rotatable bonds is 5. The molecule has 0 bridgehead atoms. The molecule has 4 rings (SSSR count). The molecule has 4 aliphatic carbocycles. The fraction of sp³-hybridized carbons (Fsp3) is 1.00. The smallest absolute Gasteiger partial charge is 0.0264 e. The van der Waals surface area contributed by atoms with E-state index in [1.54, 1.807) is 51.4 Å². The highest BCUT2D eigenvalue weighted by molar-refractivity contribution is 5.09. The Bertz CT molecular complexity index is 534. The highest BCUT2D eigenvalue weighted by Crippen LogP contribution is 2.68. The maximum absolute atomic E-state index is 2.75. The summed E-state index contributed by atoms with van der Waals surface area (Å²) in [5.74, 6) is 7.96. The van der Waals surface area contributed by atoms with E-state index in [-0.39, 0.29) is 7.43 Å². The predicted molar refractivity (Wildman–Crippen MR) is 129 cm³/mol. The van der Waals surface area contributed by atoms with Gasteiger partial charge in [-0.25, -0.2) is 0 Å². The molecule has 0 spiro atoms. The summed E-state index contributed by atoms with van der Waals surface area (Å²) in [6.45, 7) is 15.4. The van der Waals surface area contributed by atoms with Gasteiger partial charge in [-0.15, -0.1) is 0 Å². The van der Waals surface area contributed by atoms with Gasteiger partial charge in [-0.3, -0.25) is 0 Å². The molecule has 0 radical (unpaired) electrons. The van der Waals surface area contributed by atoms with Crippen molar-refractivity contribution in [2.24, 2.45) is 58.2 Å². The minimum Gasteiger partial charge on any atom is -0.0776 e. The van der Waals surface area contributed by atoms with Gasteiger partial charge in [0.25, 0.3) is 0 Å². The molecule has 4 fully saturated rings. The van der Waals surface area contributed by atoms with Crippen molar-refractivity contribution in [3.63, 3.8) is 0 Å². The Balaban J connectivity index is 0.00000240. The Morgan fingerprint density at radius 1 is 0.724 bits per heavy atom. The summed E-state index contributed by atoms with van der Waals surface area (Å²) < 4.78 is 0. The second kappa shape index (κ2) is 8.86. The van der Waals surface area contributed by atoms with Gasteiger partial charge in [0, 0.05) is 0 Å². The van der Waals surface area contributed by atoms with Gasteiger partial charge in [-0.2, -0.15) is 0 Å². The van der Waals surface area contributed by atoms with Crippen molar-refractivity contribution in [3.05, 3.63) is 0 Å². The van der Waals surface area contributed by atoms with Gasteiger partial charge in [0.05, 0.1) is 0 Å². The normalized spacial score (nSPS) is 46.2. The molecular formula is C29H54. The molecule has 4 aliphatic rings. The maximum Gasteiger partial charge on any atom is -0.0264 e. The Morgan fingerprint density at radius 3 is 2.17 bits per heavy atom. The molecule has 0 N–H and O–H groups in total. The van der Waals surface area contributed by atoms with Crippen molar-refractivity contribution >= 4 is 0 Å². The zero-order valence-electron chi connectivity index (χ0n) is 20.1. The van der Waals surface area contributed by atoms with E-state index in [0.29, 0.717) is 10.8 Å². The van der Waals surface area contributed by atoms with Crippen LogP contribution in [-0.4, -0.2) is 0 Å². The monoisotopic (exact) mass is 402 g/mol. The highest BCUT2D eigenvalue weighted by atomic mass is 14.6. The van der Waals surface area contributed by atoms with Gasteiger partial charge in [0.2, 0.25) is 0 Å². The third kappa shape index (κ3) is 3.98. The molecule has 29 heavy (non-hydrogen) atoms. The van der Waals surface area contributed by atoms with Crippen LogP contribution >= 0.6 is 0 Å².